The molecule has 0 aliphatic carbocycles. The van der Waals surface area contributed by atoms with Crippen LogP contribution < -0.4 is 5.32 Å². The van der Waals surface area contributed by atoms with Gasteiger partial charge in [0.25, 0.3) is 11.8 Å². The summed E-state index contributed by atoms with van der Waals surface area (Å²) in [7, 11) is 1.87. The van der Waals surface area contributed by atoms with E-state index in [4.69, 9.17) is 13.7 Å². The number of aliphatic hydroxyl groups is 2. The molecule has 4 aromatic rings. The number of rotatable bonds is 11. The quantitative estimate of drug-likeness (QED) is 0.208. The Labute approximate surface area is 269 Å². The topological polar surface area (TPSA) is 155 Å². The van der Waals surface area contributed by atoms with Crippen LogP contribution >= 0.6 is 0 Å². The van der Waals surface area contributed by atoms with E-state index in [9.17, 15) is 19.5 Å². The molecule has 2 atom stereocenters. The smallest absolute Gasteiger partial charge is 0.291 e. The molecular weight excluding hydrogens is 608 g/mol. The van der Waals surface area contributed by atoms with E-state index in [1.807, 2.05) is 12.1 Å². The fraction of sp³-hybridized carbons (Fsp3) is 0.235. The molecule has 0 aliphatic heterocycles. The van der Waals surface area contributed by atoms with Gasteiger partial charge in [-0.3, -0.25) is 19.4 Å². The van der Waals surface area contributed by atoms with E-state index in [0.29, 0.717) is 28.1 Å². The number of pyridine rings is 1. The third-order valence-corrected chi connectivity index (χ3v) is 8.05. The van der Waals surface area contributed by atoms with E-state index in [0.717, 1.165) is 11.1 Å². The molecule has 0 spiro atoms. The summed E-state index contributed by atoms with van der Waals surface area (Å²) in [6, 6.07) is 17.7. The molecule has 0 fully saturated rings. The number of amides is 3. The number of carbonyl (C=O) groups excluding carboxylic acids is 3. The monoisotopic (exact) mass is 642 g/mol. The summed E-state index contributed by atoms with van der Waals surface area (Å²) >= 11 is 0. The lowest BCUT2D eigenvalue weighted by Crippen LogP contribution is -2.35. The Morgan fingerprint density at radius 3 is 2.54 bits per heavy atom. The van der Waals surface area contributed by atoms with Crippen LogP contribution in [0.3, 0.4) is 0 Å². The minimum Gasteiger partial charge on any atom is -0.459 e. The molecule has 0 saturated carbocycles. The second-order valence-corrected chi connectivity index (χ2v) is 11.7. The largest absolute Gasteiger partial charge is 0.459 e. The maximum atomic E-state index is 13.0. The number of benzene rings is 2. The van der Waals surface area contributed by atoms with Crippen molar-refractivity contribution in [2.45, 2.75) is 30.8 Å². The van der Waals surface area contributed by atoms with Crippen LogP contribution in [0.1, 0.15) is 49.6 Å². The first-order valence-electron chi connectivity index (χ1n) is 14.3. The van der Waals surface area contributed by atoms with Gasteiger partial charge in [-0.15, -0.1) is 0 Å². The molecule has 0 bridgehead atoms. The summed E-state index contributed by atoms with van der Waals surface area (Å²) in [5.74, 6) is 5.26. The van der Waals surface area contributed by atoms with Crippen molar-refractivity contribution in [1.82, 2.24) is 9.88 Å². The molecule has 0 saturated heterocycles. The minimum absolute atomic E-state index is 0.0632. The summed E-state index contributed by atoms with van der Waals surface area (Å²) in [5, 5.41) is 21.3. The summed E-state index contributed by atoms with van der Waals surface area (Å²) in [6.07, 6.45) is 4.18. The van der Waals surface area contributed by atoms with Crippen LogP contribution in [0, 0.1) is 18.8 Å². The van der Waals surface area contributed by atoms with E-state index in [2.05, 4.69) is 26.5 Å². The summed E-state index contributed by atoms with van der Waals surface area (Å²) in [6.45, 7) is 1.45. The first kappa shape index (κ1) is 34.0. The van der Waals surface area contributed by atoms with Crippen LogP contribution in [0.25, 0.3) is 0 Å². The van der Waals surface area contributed by atoms with Gasteiger partial charge in [0.05, 0.1) is 42.6 Å². The molecular formula is C34H34N4O7S. The van der Waals surface area contributed by atoms with Gasteiger partial charge in [0.2, 0.25) is 5.91 Å². The third-order valence-electron chi connectivity index (χ3n) is 6.72. The zero-order valence-electron chi connectivity index (χ0n) is 25.6. The number of aromatic nitrogens is 1. The van der Waals surface area contributed by atoms with Crippen LogP contribution in [0.5, 0.6) is 0 Å². The first-order valence-corrected chi connectivity index (χ1v) is 15.4. The number of likely N-dealkylation sites (N-methyl/N-ethyl adjacent to an activating group) is 1. The van der Waals surface area contributed by atoms with Crippen molar-refractivity contribution in [2.75, 3.05) is 32.6 Å². The first-order chi connectivity index (χ1) is 22.2. The van der Waals surface area contributed by atoms with Crippen LogP contribution in [-0.2, 0) is 26.4 Å². The van der Waals surface area contributed by atoms with Gasteiger partial charge in [-0.05, 0) is 61.4 Å². The standard InChI is InChI=1S/C34H34N4O7S/c1-23-15-16-45-32(23)34(43)36-28-6-4-5-25(18-28)7-8-26-17-27(20-35-19-26)33(42)37-46(44-3)30-12-9-24(10-13-30)11-14-31(41)38(2)21-29(40)22-39/h4-6,9-10,12-13,15-20,29,39-40H,11,14,21-22H2,1-3H3,(H,36,43). The summed E-state index contributed by atoms with van der Waals surface area (Å²) < 4.78 is 15.0. The second kappa shape index (κ2) is 16.4. The highest BCUT2D eigenvalue weighted by molar-refractivity contribution is 7.83. The normalized spacial score (nSPS) is 12.1. The zero-order valence-corrected chi connectivity index (χ0v) is 26.4. The van der Waals surface area contributed by atoms with Crippen LogP contribution in [-0.4, -0.2) is 71.2 Å². The number of hydrogen-bond donors (Lipinski definition) is 3. The van der Waals surface area contributed by atoms with E-state index in [-0.39, 0.29) is 36.1 Å². The Balaban J connectivity index is 1.40. The van der Waals surface area contributed by atoms with E-state index in [1.165, 1.54) is 24.5 Å². The van der Waals surface area contributed by atoms with Crippen LogP contribution in [0.2, 0.25) is 0 Å². The molecule has 3 N–H and O–H groups in total. The molecule has 2 aromatic heterocycles. The molecule has 2 aromatic carbocycles. The van der Waals surface area contributed by atoms with E-state index < -0.39 is 29.6 Å². The molecule has 12 heteroatoms. The number of hydrogen-bond acceptors (Lipinski definition) is 8. The van der Waals surface area contributed by atoms with Crippen molar-refractivity contribution in [3.8, 4) is 11.8 Å². The van der Waals surface area contributed by atoms with Crippen LogP contribution in [0.15, 0.2) is 93.0 Å². The average Bonchev–Trinajstić information content (AvgIpc) is 3.51. The number of nitrogens with one attached hydrogen (secondary N) is 1. The molecule has 0 aliphatic rings. The fourth-order valence-electron chi connectivity index (χ4n) is 4.24. The number of carbonyl (C=O) groups is 3. The SMILES string of the molecule is COS(=NC(=O)c1cncc(C#Cc2cccc(NC(=O)c3occc3C)c2)c1)c1ccc(CCC(=O)N(C)CC(O)CO)cc1. The van der Waals surface area contributed by atoms with Crippen LogP contribution in [0.4, 0.5) is 5.69 Å². The highest BCUT2D eigenvalue weighted by Crippen LogP contribution is 2.17. The predicted octanol–water partition coefficient (Wildman–Crippen LogP) is 3.94. The maximum absolute atomic E-state index is 13.0. The molecule has 11 nitrogen and oxygen atoms in total. The molecule has 2 heterocycles. The van der Waals surface area contributed by atoms with Gasteiger partial charge in [-0.25, -0.2) is 0 Å². The molecule has 2 unspecified atom stereocenters. The van der Waals surface area contributed by atoms with Crippen molar-refractivity contribution in [3.63, 3.8) is 0 Å². The van der Waals surface area contributed by atoms with Gasteiger partial charge in [0.1, 0.15) is 0 Å². The van der Waals surface area contributed by atoms with Crippen molar-refractivity contribution >= 4 is 34.4 Å². The second-order valence-electron chi connectivity index (χ2n) is 10.2. The average molecular weight is 643 g/mol. The molecule has 4 rings (SSSR count). The summed E-state index contributed by atoms with van der Waals surface area (Å²) in [4.78, 5) is 44.0. The zero-order chi connectivity index (χ0) is 33.1. The number of furan rings is 1. The fourth-order valence-corrected chi connectivity index (χ4v) is 5.24. The van der Waals surface area contributed by atoms with Gasteiger partial charge < -0.3 is 29.0 Å². The molecule has 0 radical (unpaired) electrons. The lowest BCUT2D eigenvalue weighted by Gasteiger charge is -2.19. The lowest BCUT2D eigenvalue weighted by atomic mass is 10.1. The van der Waals surface area contributed by atoms with E-state index >= 15 is 0 Å². The lowest BCUT2D eigenvalue weighted by molar-refractivity contribution is -0.131. The number of nitrogens with zero attached hydrogens (tertiary/aromatic N) is 3. The molecule has 238 valence electrons. The molecule has 3 amide bonds. The number of aliphatic hydroxyl groups excluding tert-OH is 2. The third kappa shape index (κ3) is 9.53. The highest BCUT2D eigenvalue weighted by atomic mass is 32.2. The predicted molar refractivity (Wildman–Crippen MR) is 173 cm³/mol. The Kier molecular flexibility index (Phi) is 12.1. The molecule has 46 heavy (non-hydrogen) atoms. The van der Waals surface area contributed by atoms with Crippen molar-refractivity contribution in [2.24, 2.45) is 4.36 Å². The minimum atomic E-state index is -1.18. The highest BCUT2D eigenvalue weighted by Gasteiger charge is 2.15. The van der Waals surface area contributed by atoms with Crippen molar-refractivity contribution in [1.29, 1.82) is 0 Å². The van der Waals surface area contributed by atoms with E-state index in [1.54, 1.807) is 68.7 Å². The van der Waals surface area contributed by atoms with Gasteiger partial charge in [-0.2, -0.15) is 4.36 Å². The number of aryl methyl sites for hydroxylation is 2. The van der Waals surface area contributed by atoms with Gasteiger partial charge >= 0.3 is 0 Å². The Morgan fingerprint density at radius 1 is 1.09 bits per heavy atom. The Hall–Kier alpha value is -4.93. The van der Waals surface area contributed by atoms with Gasteiger partial charge in [0, 0.05) is 59.7 Å². The van der Waals surface area contributed by atoms with Gasteiger partial charge in [0.15, 0.2) is 5.76 Å². The van der Waals surface area contributed by atoms with Gasteiger partial charge in [-0.1, -0.05) is 30.0 Å². The summed E-state index contributed by atoms with van der Waals surface area (Å²) in [5.41, 5.74) is 3.62. The number of anilines is 1. The van der Waals surface area contributed by atoms with Crippen molar-refractivity contribution in [3.05, 3.63) is 113 Å². The van der Waals surface area contributed by atoms with Crippen molar-refractivity contribution < 1.29 is 33.2 Å². The maximum Gasteiger partial charge on any atom is 0.291 e. The Morgan fingerprint density at radius 2 is 1.85 bits per heavy atom. The Bertz CT molecular complexity index is 1790.